The molecular weight excluding hydrogens is 234 g/mol. The highest BCUT2D eigenvalue weighted by atomic mass is 16.4. The lowest BCUT2D eigenvalue weighted by atomic mass is 10.1. The topological polar surface area (TPSA) is 86.6 Å². The summed E-state index contributed by atoms with van der Waals surface area (Å²) in [4.78, 5) is 22.5. The largest absolute Gasteiger partial charge is 0.481 e. The van der Waals surface area contributed by atoms with E-state index in [-0.39, 0.29) is 13.0 Å². The van der Waals surface area contributed by atoms with Crippen LogP contribution in [0, 0.1) is 5.92 Å². The van der Waals surface area contributed by atoms with Crippen LogP contribution in [0.4, 0.5) is 5.69 Å². The fraction of sp³-hybridized carbons (Fsp3) is 0.385. The first-order chi connectivity index (χ1) is 8.58. The highest BCUT2D eigenvalue weighted by Gasteiger charge is 2.23. The van der Waals surface area contributed by atoms with Crippen LogP contribution in [0.15, 0.2) is 24.3 Å². The van der Waals surface area contributed by atoms with Crippen LogP contribution in [-0.2, 0) is 16.0 Å². The normalized spacial score (nSPS) is 11.9. The highest BCUT2D eigenvalue weighted by molar-refractivity contribution is 6.04. The van der Waals surface area contributed by atoms with Crippen LogP contribution in [-0.4, -0.2) is 28.7 Å². The lowest BCUT2D eigenvalue weighted by Crippen LogP contribution is -2.28. The average Bonchev–Trinajstić information content (AvgIpc) is 2.32. The summed E-state index contributed by atoms with van der Waals surface area (Å²) in [5.74, 6) is -2.66. The molecule has 3 N–H and O–H groups in total. The molecule has 0 aliphatic rings. The van der Waals surface area contributed by atoms with Crippen LogP contribution in [0.25, 0.3) is 0 Å². The van der Waals surface area contributed by atoms with Gasteiger partial charge in [-0.3, -0.25) is 9.59 Å². The van der Waals surface area contributed by atoms with E-state index in [9.17, 15) is 9.59 Å². The molecule has 18 heavy (non-hydrogen) atoms. The number of aliphatic hydroxyl groups is 1. The van der Waals surface area contributed by atoms with E-state index in [1.54, 1.807) is 31.2 Å². The van der Waals surface area contributed by atoms with E-state index >= 15 is 0 Å². The molecule has 1 rings (SSSR count). The molecule has 0 saturated heterocycles. The maximum absolute atomic E-state index is 11.7. The number of carboxylic acids is 1. The van der Waals surface area contributed by atoms with Crippen molar-refractivity contribution in [3.63, 3.8) is 0 Å². The Morgan fingerprint density at radius 2 is 1.89 bits per heavy atom. The van der Waals surface area contributed by atoms with E-state index in [2.05, 4.69) is 5.32 Å². The van der Waals surface area contributed by atoms with Crippen LogP contribution < -0.4 is 5.32 Å². The predicted molar refractivity (Wildman–Crippen MR) is 67.3 cm³/mol. The molecular formula is C13H17NO4. The number of carbonyl (C=O) groups excluding carboxylic acids is 1. The first-order valence-electron chi connectivity index (χ1n) is 5.82. The smallest absolute Gasteiger partial charge is 0.316 e. The fourth-order valence-corrected chi connectivity index (χ4v) is 1.59. The van der Waals surface area contributed by atoms with Gasteiger partial charge in [0.25, 0.3) is 0 Å². The van der Waals surface area contributed by atoms with Gasteiger partial charge < -0.3 is 15.5 Å². The number of carbonyl (C=O) groups is 2. The molecule has 1 aromatic carbocycles. The van der Waals surface area contributed by atoms with Crippen molar-refractivity contribution in [2.45, 2.75) is 19.8 Å². The number of amides is 1. The van der Waals surface area contributed by atoms with Gasteiger partial charge >= 0.3 is 5.97 Å². The summed E-state index contributed by atoms with van der Waals surface area (Å²) in [6, 6.07) is 6.95. The van der Waals surface area contributed by atoms with Crippen LogP contribution in [0.2, 0.25) is 0 Å². The summed E-state index contributed by atoms with van der Waals surface area (Å²) in [5.41, 5.74) is 1.52. The van der Waals surface area contributed by atoms with Gasteiger partial charge in [0.1, 0.15) is 5.92 Å². The van der Waals surface area contributed by atoms with E-state index in [0.29, 0.717) is 12.1 Å². The lowest BCUT2D eigenvalue weighted by Gasteiger charge is -2.11. The minimum atomic E-state index is -1.12. The minimum absolute atomic E-state index is 0.0721. The average molecular weight is 251 g/mol. The molecule has 0 heterocycles. The Kier molecular flexibility index (Phi) is 5.32. The van der Waals surface area contributed by atoms with Crippen molar-refractivity contribution in [1.29, 1.82) is 0 Å². The molecule has 0 saturated carbocycles. The maximum atomic E-state index is 11.7. The zero-order valence-electron chi connectivity index (χ0n) is 10.2. The van der Waals surface area contributed by atoms with Gasteiger partial charge in [0.05, 0.1) is 0 Å². The summed E-state index contributed by atoms with van der Waals surface area (Å²) in [5, 5.41) is 20.2. The van der Waals surface area contributed by atoms with E-state index < -0.39 is 17.8 Å². The number of hydrogen-bond acceptors (Lipinski definition) is 3. The second-order valence-corrected chi connectivity index (χ2v) is 3.96. The fourth-order valence-electron chi connectivity index (χ4n) is 1.59. The second-order valence-electron chi connectivity index (χ2n) is 3.96. The number of nitrogens with one attached hydrogen (secondary N) is 1. The number of anilines is 1. The van der Waals surface area contributed by atoms with Gasteiger partial charge in [0.2, 0.25) is 5.91 Å². The van der Waals surface area contributed by atoms with Gasteiger partial charge in [0.15, 0.2) is 0 Å². The van der Waals surface area contributed by atoms with E-state index in [0.717, 1.165) is 5.56 Å². The van der Waals surface area contributed by atoms with Crippen LogP contribution in [0.5, 0.6) is 0 Å². The molecule has 98 valence electrons. The first-order valence-corrected chi connectivity index (χ1v) is 5.82. The van der Waals surface area contributed by atoms with E-state index in [1.807, 2.05) is 0 Å². The van der Waals surface area contributed by atoms with Crippen molar-refractivity contribution in [3.8, 4) is 0 Å². The quantitative estimate of drug-likeness (QED) is 0.664. The predicted octanol–water partition coefficient (Wildman–Crippen LogP) is 1.27. The molecule has 1 aromatic rings. The number of rotatable bonds is 6. The standard InChI is InChI=1S/C13H17NO4/c1-2-11(13(17)18)12(16)14-10-5-3-9(4-6-10)7-8-15/h3-6,11,15H,2,7-8H2,1H3,(H,14,16)(H,17,18). The molecule has 0 aliphatic carbocycles. The maximum Gasteiger partial charge on any atom is 0.316 e. The highest BCUT2D eigenvalue weighted by Crippen LogP contribution is 2.13. The van der Waals surface area contributed by atoms with Crippen LogP contribution in [0.3, 0.4) is 0 Å². The molecule has 0 aromatic heterocycles. The summed E-state index contributed by atoms with van der Waals surface area (Å²) >= 11 is 0. The summed E-state index contributed by atoms with van der Waals surface area (Å²) in [7, 11) is 0. The molecule has 5 heteroatoms. The molecule has 1 unspecified atom stereocenters. The van der Waals surface area contributed by atoms with Gasteiger partial charge in [-0.25, -0.2) is 0 Å². The Labute approximate surface area is 105 Å². The van der Waals surface area contributed by atoms with E-state index in [4.69, 9.17) is 10.2 Å². The third-order valence-corrected chi connectivity index (χ3v) is 2.64. The van der Waals surface area contributed by atoms with Gasteiger partial charge in [-0.15, -0.1) is 0 Å². The van der Waals surface area contributed by atoms with Gasteiger partial charge in [-0.05, 0) is 30.5 Å². The van der Waals surface area contributed by atoms with Crippen molar-refractivity contribution in [2.24, 2.45) is 5.92 Å². The monoisotopic (exact) mass is 251 g/mol. The van der Waals surface area contributed by atoms with Crippen LogP contribution >= 0.6 is 0 Å². The van der Waals surface area contributed by atoms with Gasteiger partial charge in [-0.2, -0.15) is 0 Å². The number of carboxylic acid groups (broad SMARTS) is 1. The van der Waals surface area contributed by atoms with Crippen molar-refractivity contribution in [3.05, 3.63) is 29.8 Å². The lowest BCUT2D eigenvalue weighted by molar-refractivity contribution is -0.145. The third kappa shape index (κ3) is 3.85. The number of benzene rings is 1. The number of aliphatic carboxylic acids is 1. The molecule has 0 bridgehead atoms. The Balaban J connectivity index is 2.66. The Bertz CT molecular complexity index is 414. The molecule has 0 fully saturated rings. The van der Waals surface area contributed by atoms with Crippen molar-refractivity contribution >= 4 is 17.6 Å². The summed E-state index contributed by atoms with van der Waals surface area (Å²) in [6.45, 7) is 1.73. The molecule has 0 spiro atoms. The Hall–Kier alpha value is -1.88. The van der Waals surface area contributed by atoms with Crippen molar-refractivity contribution < 1.29 is 19.8 Å². The van der Waals surface area contributed by atoms with E-state index in [1.165, 1.54) is 0 Å². The third-order valence-electron chi connectivity index (χ3n) is 2.64. The second kappa shape index (κ2) is 6.76. The zero-order chi connectivity index (χ0) is 13.5. The minimum Gasteiger partial charge on any atom is -0.481 e. The van der Waals surface area contributed by atoms with Crippen molar-refractivity contribution in [1.82, 2.24) is 0 Å². The van der Waals surface area contributed by atoms with Crippen molar-refractivity contribution in [2.75, 3.05) is 11.9 Å². The summed E-state index contributed by atoms with van der Waals surface area (Å²) in [6.07, 6.45) is 0.810. The summed E-state index contributed by atoms with van der Waals surface area (Å²) < 4.78 is 0. The Morgan fingerprint density at radius 1 is 1.28 bits per heavy atom. The zero-order valence-corrected chi connectivity index (χ0v) is 10.2. The number of hydrogen-bond donors (Lipinski definition) is 3. The SMILES string of the molecule is CCC(C(=O)O)C(=O)Nc1ccc(CCO)cc1. The van der Waals surface area contributed by atoms with Gasteiger partial charge in [0, 0.05) is 12.3 Å². The molecule has 0 aliphatic heterocycles. The first kappa shape index (κ1) is 14.2. The molecule has 1 atom stereocenters. The van der Waals surface area contributed by atoms with Crippen LogP contribution in [0.1, 0.15) is 18.9 Å². The molecule has 5 nitrogen and oxygen atoms in total. The van der Waals surface area contributed by atoms with Gasteiger partial charge in [-0.1, -0.05) is 19.1 Å². The molecule has 0 radical (unpaired) electrons. The molecule has 1 amide bonds. The number of aliphatic hydroxyl groups excluding tert-OH is 1. The Morgan fingerprint density at radius 3 is 2.33 bits per heavy atom.